The van der Waals surface area contributed by atoms with E-state index >= 15 is 0 Å². The molecule has 2 heterocycles. The van der Waals surface area contributed by atoms with Crippen molar-refractivity contribution in [2.75, 3.05) is 33.4 Å². The summed E-state index contributed by atoms with van der Waals surface area (Å²) in [5, 5.41) is 3.36. The second kappa shape index (κ2) is 3.94. The number of nitrogens with zero attached hydrogens (tertiary/aromatic N) is 2. The minimum Gasteiger partial charge on any atom is -0.324 e. The van der Waals surface area contributed by atoms with E-state index in [0.29, 0.717) is 0 Å². The lowest BCUT2D eigenvalue weighted by molar-refractivity contribution is -0.125. The third kappa shape index (κ3) is 1.79. The van der Waals surface area contributed by atoms with Crippen molar-refractivity contribution in [1.82, 2.24) is 15.1 Å². The van der Waals surface area contributed by atoms with Crippen molar-refractivity contribution in [3.8, 4) is 0 Å². The van der Waals surface area contributed by atoms with Crippen LogP contribution in [0.3, 0.4) is 0 Å². The van der Waals surface area contributed by atoms with Crippen LogP contribution < -0.4 is 5.32 Å². The number of likely N-dealkylation sites (N-methyl/N-ethyl adjacent to an activating group) is 1. The second-order valence-corrected chi connectivity index (χ2v) is 4.55. The van der Waals surface area contributed by atoms with Crippen molar-refractivity contribution in [2.45, 2.75) is 18.4 Å². The quantitative estimate of drug-likeness (QED) is 0.619. The van der Waals surface area contributed by atoms with E-state index in [9.17, 15) is 4.79 Å². The third-order valence-electron chi connectivity index (χ3n) is 3.70. The molecule has 0 saturated carbocycles. The average Bonchev–Trinajstić information content (AvgIpc) is 2.57. The van der Waals surface area contributed by atoms with E-state index in [-0.39, 0.29) is 11.4 Å². The van der Waals surface area contributed by atoms with Gasteiger partial charge in [-0.3, -0.25) is 9.69 Å². The Morgan fingerprint density at radius 2 is 2.13 bits per heavy atom. The van der Waals surface area contributed by atoms with Gasteiger partial charge in [-0.1, -0.05) is 6.58 Å². The topological polar surface area (TPSA) is 35.6 Å². The second-order valence-electron chi connectivity index (χ2n) is 4.55. The van der Waals surface area contributed by atoms with E-state index in [0.717, 1.165) is 39.1 Å². The van der Waals surface area contributed by atoms with Crippen molar-refractivity contribution >= 4 is 5.91 Å². The van der Waals surface area contributed by atoms with Gasteiger partial charge in [0.25, 0.3) is 0 Å². The first kappa shape index (κ1) is 10.6. The molecule has 2 saturated heterocycles. The Bertz CT molecular complexity index is 271. The lowest BCUT2D eigenvalue weighted by atomic mass is 9.88. The molecule has 4 nitrogen and oxygen atoms in total. The van der Waals surface area contributed by atoms with Gasteiger partial charge in [0.1, 0.15) is 0 Å². The summed E-state index contributed by atoms with van der Waals surface area (Å²) >= 11 is 0. The standard InChI is InChI=1S/C11H19N3O/c1-3-10(15)14-8-11(13(2)9-14)4-6-12-7-5-11/h3,12H,1,4-9H2,2H3. The number of hydrogen-bond acceptors (Lipinski definition) is 3. The first-order chi connectivity index (χ1) is 7.18. The Balaban J connectivity index is 2.08. The first-order valence-electron chi connectivity index (χ1n) is 5.51. The lowest BCUT2D eigenvalue weighted by Crippen LogP contribution is -2.51. The van der Waals surface area contributed by atoms with Gasteiger partial charge in [-0.2, -0.15) is 0 Å². The van der Waals surface area contributed by atoms with Crippen LogP contribution in [0.1, 0.15) is 12.8 Å². The molecule has 15 heavy (non-hydrogen) atoms. The normalized spacial score (nSPS) is 25.8. The Kier molecular flexibility index (Phi) is 2.80. The fraction of sp³-hybridized carbons (Fsp3) is 0.727. The molecule has 0 radical (unpaired) electrons. The number of piperidine rings is 1. The number of carbonyl (C=O) groups is 1. The van der Waals surface area contributed by atoms with Crippen molar-refractivity contribution in [3.05, 3.63) is 12.7 Å². The zero-order valence-electron chi connectivity index (χ0n) is 9.33. The highest BCUT2D eigenvalue weighted by atomic mass is 16.2. The first-order valence-corrected chi connectivity index (χ1v) is 5.51. The fourth-order valence-corrected chi connectivity index (χ4v) is 2.64. The molecule has 0 aromatic rings. The minimum atomic E-state index is 0.0530. The van der Waals surface area contributed by atoms with Crippen LogP contribution in [0.5, 0.6) is 0 Å². The molecular formula is C11H19N3O. The Morgan fingerprint density at radius 3 is 2.73 bits per heavy atom. The van der Waals surface area contributed by atoms with Crippen LogP contribution >= 0.6 is 0 Å². The molecule has 2 aliphatic rings. The Hall–Kier alpha value is -0.870. The maximum atomic E-state index is 11.6. The summed E-state index contributed by atoms with van der Waals surface area (Å²) in [7, 11) is 2.11. The minimum absolute atomic E-state index is 0.0530. The molecule has 2 aliphatic heterocycles. The van der Waals surface area contributed by atoms with Crippen LogP contribution in [0.25, 0.3) is 0 Å². The number of carbonyl (C=O) groups excluding carboxylic acids is 1. The zero-order valence-corrected chi connectivity index (χ0v) is 9.33. The molecule has 2 rings (SSSR count). The summed E-state index contributed by atoms with van der Waals surface area (Å²) in [5.74, 6) is 0.0530. The van der Waals surface area contributed by atoms with Gasteiger partial charge in [-0.05, 0) is 39.1 Å². The van der Waals surface area contributed by atoms with E-state index in [1.165, 1.54) is 6.08 Å². The molecule has 0 aromatic heterocycles. The van der Waals surface area contributed by atoms with E-state index in [4.69, 9.17) is 0 Å². The van der Waals surface area contributed by atoms with Gasteiger partial charge in [0, 0.05) is 12.1 Å². The number of hydrogen-bond donors (Lipinski definition) is 1. The van der Waals surface area contributed by atoms with E-state index < -0.39 is 0 Å². The summed E-state index contributed by atoms with van der Waals surface area (Å²) in [6.07, 6.45) is 3.67. The van der Waals surface area contributed by atoms with Crippen LogP contribution in [0, 0.1) is 0 Å². The zero-order chi connectivity index (χ0) is 10.9. The predicted molar refractivity (Wildman–Crippen MR) is 59.4 cm³/mol. The molecule has 0 aliphatic carbocycles. The summed E-state index contributed by atoms with van der Waals surface area (Å²) in [6.45, 7) is 7.25. The van der Waals surface area contributed by atoms with E-state index in [1.54, 1.807) is 0 Å². The maximum absolute atomic E-state index is 11.6. The Morgan fingerprint density at radius 1 is 1.47 bits per heavy atom. The van der Waals surface area contributed by atoms with Gasteiger partial charge < -0.3 is 10.2 Å². The highest BCUT2D eigenvalue weighted by Crippen LogP contribution is 2.31. The summed E-state index contributed by atoms with van der Waals surface area (Å²) < 4.78 is 0. The lowest BCUT2D eigenvalue weighted by Gasteiger charge is -2.38. The van der Waals surface area contributed by atoms with Gasteiger partial charge in [0.2, 0.25) is 5.91 Å². The molecule has 84 valence electrons. The van der Waals surface area contributed by atoms with Crippen molar-refractivity contribution in [2.24, 2.45) is 0 Å². The van der Waals surface area contributed by atoms with Gasteiger partial charge in [0.15, 0.2) is 0 Å². The summed E-state index contributed by atoms with van der Waals surface area (Å²) in [5.41, 5.74) is 0.212. The molecule has 0 bridgehead atoms. The summed E-state index contributed by atoms with van der Waals surface area (Å²) in [4.78, 5) is 15.8. The van der Waals surface area contributed by atoms with Crippen LogP contribution in [0.2, 0.25) is 0 Å². The smallest absolute Gasteiger partial charge is 0.247 e. The van der Waals surface area contributed by atoms with Crippen molar-refractivity contribution in [1.29, 1.82) is 0 Å². The maximum Gasteiger partial charge on any atom is 0.247 e. The van der Waals surface area contributed by atoms with Crippen LogP contribution in [0.4, 0.5) is 0 Å². The van der Waals surface area contributed by atoms with Crippen molar-refractivity contribution < 1.29 is 4.79 Å². The average molecular weight is 209 g/mol. The molecule has 2 fully saturated rings. The van der Waals surface area contributed by atoms with Gasteiger partial charge in [-0.25, -0.2) is 0 Å². The highest BCUT2D eigenvalue weighted by Gasteiger charge is 2.44. The van der Waals surface area contributed by atoms with Crippen LogP contribution in [0.15, 0.2) is 12.7 Å². The van der Waals surface area contributed by atoms with E-state index in [1.807, 2.05) is 4.90 Å². The monoisotopic (exact) mass is 209 g/mol. The SMILES string of the molecule is C=CC(=O)N1CN(C)C2(CCNCC2)C1. The third-order valence-corrected chi connectivity index (χ3v) is 3.70. The van der Waals surface area contributed by atoms with Crippen molar-refractivity contribution in [3.63, 3.8) is 0 Å². The van der Waals surface area contributed by atoms with Gasteiger partial charge in [0.05, 0.1) is 6.67 Å². The van der Waals surface area contributed by atoms with Gasteiger partial charge in [-0.15, -0.1) is 0 Å². The molecule has 0 atom stereocenters. The molecule has 0 aromatic carbocycles. The molecule has 4 heteroatoms. The largest absolute Gasteiger partial charge is 0.324 e. The van der Waals surface area contributed by atoms with Crippen LogP contribution in [-0.4, -0.2) is 54.6 Å². The molecule has 0 unspecified atom stereocenters. The summed E-state index contributed by atoms with van der Waals surface area (Å²) in [6, 6.07) is 0. The molecular weight excluding hydrogens is 190 g/mol. The number of rotatable bonds is 1. The number of nitrogens with one attached hydrogen (secondary N) is 1. The molecule has 1 N–H and O–H groups in total. The molecule has 1 amide bonds. The highest BCUT2D eigenvalue weighted by molar-refractivity contribution is 5.87. The van der Waals surface area contributed by atoms with Gasteiger partial charge >= 0.3 is 0 Å². The predicted octanol–water partition coefficient (Wildman–Crippen LogP) is 0.0261. The number of amides is 1. The van der Waals surface area contributed by atoms with E-state index in [2.05, 4.69) is 23.8 Å². The van der Waals surface area contributed by atoms with Crippen LogP contribution in [-0.2, 0) is 4.79 Å². The molecule has 1 spiro atoms. The fourth-order valence-electron chi connectivity index (χ4n) is 2.64. The Labute approximate surface area is 90.9 Å².